The van der Waals surface area contributed by atoms with E-state index in [1.165, 1.54) is 0 Å². The Balaban J connectivity index is 2.46. The normalized spacial score (nSPS) is 20.8. The highest BCUT2D eigenvalue weighted by molar-refractivity contribution is 4.93. The third-order valence-corrected chi connectivity index (χ3v) is 3.08. The fourth-order valence-corrected chi connectivity index (χ4v) is 1.05. The van der Waals surface area contributed by atoms with E-state index >= 15 is 0 Å². The van der Waals surface area contributed by atoms with Gasteiger partial charge in [-0.15, -0.1) is 0 Å². The van der Waals surface area contributed by atoms with E-state index in [1.807, 2.05) is 0 Å². The van der Waals surface area contributed by atoms with Gasteiger partial charge in [0, 0.05) is 5.54 Å². The second-order valence-corrected chi connectivity index (χ2v) is 5.25. The van der Waals surface area contributed by atoms with Gasteiger partial charge in [0.15, 0.2) is 0 Å². The molecule has 0 amide bonds. The lowest BCUT2D eigenvalue weighted by molar-refractivity contribution is -0.0283. The van der Waals surface area contributed by atoms with E-state index in [1.54, 1.807) is 0 Å². The number of hydrogen-bond donors (Lipinski definition) is 1. The maximum Gasteiger partial charge on any atom is 0.0643 e. The molecule has 1 aliphatic rings. The summed E-state index contributed by atoms with van der Waals surface area (Å²) in [7, 11) is 0. The van der Waals surface area contributed by atoms with Gasteiger partial charge in [-0.05, 0) is 19.3 Å². The lowest BCUT2D eigenvalue weighted by Gasteiger charge is -2.44. The van der Waals surface area contributed by atoms with Gasteiger partial charge in [0.05, 0.1) is 19.3 Å². The van der Waals surface area contributed by atoms with Crippen LogP contribution in [0.2, 0.25) is 0 Å². The topological polar surface area (TPSA) is 21.3 Å². The molecular formula is C10H21NO. The average molecular weight is 171 g/mol. The van der Waals surface area contributed by atoms with Gasteiger partial charge in [-0.1, -0.05) is 20.8 Å². The Morgan fingerprint density at radius 1 is 1.08 bits per heavy atom. The molecular weight excluding hydrogens is 150 g/mol. The molecule has 0 aromatic heterocycles. The monoisotopic (exact) mass is 171 g/mol. The molecule has 1 N–H and O–H groups in total. The van der Waals surface area contributed by atoms with Crippen molar-refractivity contribution in [2.75, 3.05) is 13.2 Å². The molecule has 0 radical (unpaired) electrons. The van der Waals surface area contributed by atoms with Gasteiger partial charge in [-0.3, -0.25) is 0 Å². The van der Waals surface area contributed by atoms with Crippen molar-refractivity contribution in [1.29, 1.82) is 0 Å². The number of ether oxygens (including phenoxy) is 1. The van der Waals surface area contributed by atoms with E-state index in [0.717, 1.165) is 13.2 Å². The molecule has 12 heavy (non-hydrogen) atoms. The van der Waals surface area contributed by atoms with Crippen molar-refractivity contribution < 1.29 is 4.74 Å². The summed E-state index contributed by atoms with van der Waals surface area (Å²) in [6, 6.07) is 0.569. The van der Waals surface area contributed by atoms with Crippen LogP contribution in [-0.4, -0.2) is 24.8 Å². The molecule has 0 atom stereocenters. The van der Waals surface area contributed by atoms with Crippen LogP contribution in [0.1, 0.15) is 34.6 Å². The van der Waals surface area contributed by atoms with Gasteiger partial charge in [-0.2, -0.15) is 0 Å². The Labute approximate surface area is 75.7 Å². The van der Waals surface area contributed by atoms with Crippen LogP contribution >= 0.6 is 0 Å². The minimum atomic E-state index is 0.182. The van der Waals surface area contributed by atoms with Gasteiger partial charge in [0.2, 0.25) is 0 Å². The molecule has 1 rings (SSSR count). The number of rotatable bonds is 2. The highest BCUT2D eigenvalue weighted by Gasteiger charge is 2.35. The molecule has 1 fully saturated rings. The zero-order chi connectivity index (χ0) is 9.41. The Kier molecular flexibility index (Phi) is 2.50. The first-order valence-corrected chi connectivity index (χ1v) is 4.68. The molecule has 0 saturated carbocycles. The predicted molar refractivity (Wildman–Crippen MR) is 51.3 cm³/mol. The van der Waals surface area contributed by atoms with Crippen molar-refractivity contribution in [3.63, 3.8) is 0 Å². The largest absolute Gasteiger partial charge is 0.378 e. The summed E-state index contributed by atoms with van der Waals surface area (Å²) in [5.74, 6) is 0. The molecule has 0 bridgehead atoms. The minimum Gasteiger partial charge on any atom is -0.378 e. The summed E-state index contributed by atoms with van der Waals surface area (Å²) >= 11 is 0. The van der Waals surface area contributed by atoms with E-state index in [4.69, 9.17) is 4.74 Å². The summed E-state index contributed by atoms with van der Waals surface area (Å²) in [5, 5.41) is 3.61. The molecule has 0 spiro atoms. The smallest absolute Gasteiger partial charge is 0.0643 e. The second kappa shape index (κ2) is 3.00. The van der Waals surface area contributed by atoms with Gasteiger partial charge < -0.3 is 10.1 Å². The third-order valence-electron chi connectivity index (χ3n) is 3.08. The predicted octanol–water partition coefficient (Wildman–Crippen LogP) is 1.80. The van der Waals surface area contributed by atoms with Crippen LogP contribution < -0.4 is 5.32 Å². The lowest BCUT2D eigenvalue weighted by Crippen LogP contribution is -2.59. The van der Waals surface area contributed by atoms with E-state index in [9.17, 15) is 0 Å². The average Bonchev–Trinajstić information content (AvgIpc) is 1.76. The standard InChI is InChI=1S/C10H21NO/c1-9(2,3)10(4,5)11-8-6-12-7-8/h8,11H,6-7H2,1-5H3. The molecule has 1 saturated heterocycles. The van der Waals surface area contributed by atoms with Crippen molar-refractivity contribution in [2.24, 2.45) is 5.41 Å². The van der Waals surface area contributed by atoms with Crippen LogP contribution in [0, 0.1) is 5.41 Å². The fraction of sp³-hybridized carbons (Fsp3) is 1.00. The first-order chi connectivity index (χ1) is 5.33. The summed E-state index contributed by atoms with van der Waals surface area (Å²) in [6.07, 6.45) is 0. The van der Waals surface area contributed by atoms with Gasteiger partial charge >= 0.3 is 0 Å². The second-order valence-electron chi connectivity index (χ2n) is 5.25. The number of nitrogens with one attached hydrogen (secondary N) is 1. The number of hydrogen-bond acceptors (Lipinski definition) is 2. The molecule has 72 valence electrons. The van der Waals surface area contributed by atoms with Crippen molar-refractivity contribution in [2.45, 2.75) is 46.2 Å². The molecule has 0 aromatic rings. The lowest BCUT2D eigenvalue weighted by atomic mass is 9.76. The van der Waals surface area contributed by atoms with Crippen LogP contribution in [0.5, 0.6) is 0 Å². The van der Waals surface area contributed by atoms with Crippen LogP contribution in [-0.2, 0) is 4.74 Å². The van der Waals surface area contributed by atoms with Crippen LogP contribution in [0.15, 0.2) is 0 Å². The minimum absolute atomic E-state index is 0.182. The van der Waals surface area contributed by atoms with Crippen LogP contribution in [0.25, 0.3) is 0 Å². The third kappa shape index (κ3) is 1.99. The SMILES string of the molecule is CC(C)(C)C(C)(C)NC1COC1. The Bertz CT molecular complexity index is 154. The molecule has 2 nitrogen and oxygen atoms in total. The molecule has 1 aliphatic heterocycles. The first kappa shape index (κ1) is 10.0. The van der Waals surface area contributed by atoms with Crippen LogP contribution in [0.3, 0.4) is 0 Å². The van der Waals surface area contributed by atoms with Crippen molar-refractivity contribution in [1.82, 2.24) is 5.32 Å². The van der Waals surface area contributed by atoms with Crippen molar-refractivity contribution in [3.05, 3.63) is 0 Å². The first-order valence-electron chi connectivity index (χ1n) is 4.68. The van der Waals surface area contributed by atoms with E-state index in [0.29, 0.717) is 11.5 Å². The van der Waals surface area contributed by atoms with Gasteiger partial charge in [-0.25, -0.2) is 0 Å². The van der Waals surface area contributed by atoms with E-state index < -0.39 is 0 Å². The summed E-state index contributed by atoms with van der Waals surface area (Å²) < 4.78 is 5.13. The molecule has 0 unspecified atom stereocenters. The Morgan fingerprint density at radius 3 is 1.83 bits per heavy atom. The van der Waals surface area contributed by atoms with Gasteiger partial charge in [0.25, 0.3) is 0 Å². The highest BCUT2D eigenvalue weighted by atomic mass is 16.5. The fourth-order valence-electron chi connectivity index (χ4n) is 1.05. The summed E-state index contributed by atoms with van der Waals surface area (Å²) in [5.41, 5.74) is 0.476. The highest BCUT2D eigenvalue weighted by Crippen LogP contribution is 2.30. The maximum atomic E-state index is 5.13. The Morgan fingerprint density at radius 2 is 1.58 bits per heavy atom. The molecule has 0 aliphatic carbocycles. The van der Waals surface area contributed by atoms with Crippen LogP contribution in [0.4, 0.5) is 0 Å². The van der Waals surface area contributed by atoms with Gasteiger partial charge in [0.1, 0.15) is 0 Å². The zero-order valence-corrected chi connectivity index (χ0v) is 8.90. The molecule has 1 heterocycles. The zero-order valence-electron chi connectivity index (χ0n) is 8.90. The molecule has 2 heteroatoms. The van der Waals surface area contributed by atoms with E-state index in [-0.39, 0.29) is 5.54 Å². The quantitative estimate of drug-likeness (QED) is 0.684. The van der Waals surface area contributed by atoms with E-state index in [2.05, 4.69) is 39.9 Å². The maximum absolute atomic E-state index is 5.13. The van der Waals surface area contributed by atoms with Crippen molar-refractivity contribution >= 4 is 0 Å². The van der Waals surface area contributed by atoms with Crippen molar-refractivity contribution in [3.8, 4) is 0 Å². The Hall–Kier alpha value is -0.0800. The summed E-state index contributed by atoms with van der Waals surface area (Å²) in [4.78, 5) is 0. The summed E-state index contributed by atoms with van der Waals surface area (Å²) in [6.45, 7) is 13.0. The molecule has 0 aromatic carbocycles.